The molecular weight excluding hydrogens is 276 g/mol. The number of carbonyl (C=O) groups is 2. The van der Waals surface area contributed by atoms with E-state index in [1.165, 1.54) is 0 Å². The highest BCUT2D eigenvalue weighted by atomic mass is 16.6. The minimum atomic E-state index is -0.0690. The van der Waals surface area contributed by atoms with Crippen molar-refractivity contribution < 1.29 is 19.0 Å². The molecule has 0 unspecified atom stereocenters. The Hall–Kier alpha value is -1.96. The van der Waals surface area contributed by atoms with Crippen LogP contribution < -0.4 is 0 Å². The first-order valence-corrected chi connectivity index (χ1v) is 6.99. The SMILES string of the molecule is Cc1nonc1CC(=O)N1CC[C@H]2OCC(=O)N(C)[C@H]2C1. The van der Waals surface area contributed by atoms with Gasteiger partial charge in [0.2, 0.25) is 11.8 Å². The quantitative estimate of drug-likeness (QED) is 0.722. The van der Waals surface area contributed by atoms with Gasteiger partial charge < -0.3 is 14.5 Å². The first kappa shape index (κ1) is 14.0. The molecule has 3 heterocycles. The van der Waals surface area contributed by atoms with Gasteiger partial charge in [0.25, 0.3) is 0 Å². The van der Waals surface area contributed by atoms with Gasteiger partial charge in [-0.25, -0.2) is 4.63 Å². The first-order chi connectivity index (χ1) is 10.1. The molecule has 21 heavy (non-hydrogen) atoms. The van der Waals surface area contributed by atoms with Crippen LogP contribution in [-0.2, 0) is 20.7 Å². The molecule has 0 saturated carbocycles. The first-order valence-electron chi connectivity index (χ1n) is 6.99. The van der Waals surface area contributed by atoms with Crippen LogP contribution in [0, 0.1) is 6.92 Å². The third-order valence-electron chi connectivity index (χ3n) is 4.25. The summed E-state index contributed by atoms with van der Waals surface area (Å²) >= 11 is 0. The molecule has 0 aliphatic carbocycles. The average molecular weight is 294 g/mol. The van der Waals surface area contributed by atoms with Crippen LogP contribution in [0.4, 0.5) is 0 Å². The molecular formula is C13H18N4O4. The summed E-state index contributed by atoms with van der Waals surface area (Å²) in [5.74, 6) is -0.0687. The number of fused-ring (bicyclic) bond motifs is 1. The van der Waals surface area contributed by atoms with E-state index in [0.717, 1.165) is 6.42 Å². The summed E-state index contributed by atoms with van der Waals surface area (Å²) in [5.41, 5.74) is 1.19. The van der Waals surface area contributed by atoms with Gasteiger partial charge in [-0.2, -0.15) is 0 Å². The molecule has 8 heteroatoms. The van der Waals surface area contributed by atoms with E-state index in [-0.39, 0.29) is 37.0 Å². The zero-order valence-corrected chi connectivity index (χ0v) is 12.1. The lowest BCUT2D eigenvalue weighted by Gasteiger charge is -2.45. The number of amides is 2. The number of likely N-dealkylation sites (tertiary alicyclic amines) is 1. The van der Waals surface area contributed by atoms with Crippen molar-refractivity contribution in [3.05, 3.63) is 11.4 Å². The Labute approximate surface area is 122 Å². The van der Waals surface area contributed by atoms with Crippen molar-refractivity contribution in [3.8, 4) is 0 Å². The van der Waals surface area contributed by atoms with Crippen LogP contribution in [0.3, 0.4) is 0 Å². The molecule has 114 valence electrons. The molecule has 0 spiro atoms. The van der Waals surface area contributed by atoms with Crippen molar-refractivity contribution in [1.82, 2.24) is 20.1 Å². The molecule has 0 radical (unpaired) electrons. The van der Waals surface area contributed by atoms with Gasteiger partial charge in [0.1, 0.15) is 18.0 Å². The molecule has 8 nitrogen and oxygen atoms in total. The third-order valence-corrected chi connectivity index (χ3v) is 4.25. The van der Waals surface area contributed by atoms with Crippen molar-refractivity contribution in [1.29, 1.82) is 0 Å². The monoisotopic (exact) mass is 294 g/mol. The van der Waals surface area contributed by atoms with E-state index in [4.69, 9.17) is 4.74 Å². The zero-order valence-electron chi connectivity index (χ0n) is 12.1. The fourth-order valence-electron chi connectivity index (χ4n) is 2.83. The highest BCUT2D eigenvalue weighted by molar-refractivity contribution is 5.80. The van der Waals surface area contributed by atoms with Crippen LogP contribution in [0.1, 0.15) is 17.8 Å². The number of nitrogens with zero attached hydrogens (tertiary/aromatic N) is 4. The third kappa shape index (κ3) is 2.63. The van der Waals surface area contributed by atoms with Gasteiger partial charge in [-0.15, -0.1) is 0 Å². The molecule has 1 aromatic rings. The molecule has 1 aromatic heterocycles. The standard InChI is InChI=1S/C13H18N4O4/c1-8-9(15-21-14-8)5-12(18)17-4-3-11-10(6-17)16(2)13(19)7-20-11/h10-11H,3-7H2,1-2H3/t10-,11+/m0/s1. The summed E-state index contributed by atoms with van der Waals surface area (Å²) in [4.78, 5) is 27.5. The van der Waals surface area contributed by atoms with E-state index in [2.05, 4.69) is 14.9 Å². The molecule has 3 rings (SSSR count). The lowest BCUT2D eigenvalue weighted by Crippen LogP contribution is -2.61. The second-order valence-corrected chi connectivity index (χ2v) is 5.52. The van der Waals surface area contributed by atoms with Crippen molar-refractivity contribution in [2.24, 2.45) is 0 Å². The van der Waals surface area contributed by atoms with Crippen LogP contribution in [0.5, 0.6) is 0 Å². The molecule has 2 saturated heterocycles. The fraction of sp³-hybridized carbons (Fsp3) is 0.692. The Morgan fingerprint density at radius 2 is 2.24 bits per heavy atom. The van der Waals surface area contributed by atoms with Gasteiger partial charge in [0, 0.05) is 20.1 Å². The summed E-state index contributed by atoms with van der Waals surface area (Å²) in [5, 5.41) is 7.41. The van der Waals surface area contributed by atoms with Crippen molar-refractivity contribution in [3.63, 3.8) is 0 Å². The molecule has 0 aromatic carbocycles. The smallest absolute Gasteiger partial charge is 0.248 e. The molecule has 2 aliphatic heterocycles. The topological polar surface area (TPSA) is 88.8 Å². The Balaban J connectivity index is 1.66. The largest absolute Gasteiger partial charge is 0.366 e. The van der Waals surface area contributed by atoms with Gasteiger partial charge in [-0.05, 0) is 13.3 Å². The number of aromatic nitrogens is 2. The number of hydrogen-bond donors (Lipinski definition) is 0. The molecule has 2 aliphatic rings. The summed E-state index contributed by atoms with van der Waals surface area (Å²) in [7, 11) is 1.77. The van der Waals surface area contributed by atoms with E-state index in [9.17, 15) is 9.59 Å². The van der Waals surface area contributed by atoms with Gasteiger partial charge in [-0.1, -0.05) is 10.3 Å². The Morgan fingerprint density at radius 1 is 1.43 bits per heavy atom. The minimum Gasteiger partial charge on any atom is -0.366 e. The van der Waals surface area contributed by atoms with Crippen LogP contribution in [0.2, 0.25) is 0 Å². The van der Waals surface area contributed by atoms with Crippen LogP contribution in [-0.4, -0.2) is 70.8 Å². The summed E-state index contributed by atoms with van der Waals surface area (Å²) in [6, 6.07) is -0.0690. The number of rotatable bonds is 2. The number of piperidine rings is 1. The summed E-state index contributed by atoms with van der Waals surface area (Å²) < 4.78 is 10.2. The number of morpholine rings is 1. The van der Waals surface area contributed by atoms with Crippen LogP contribution >= 0.6 is 0 Å². The Bertz CT molecular complexity index is 558. The maximum Gasteiger partial charge on any atom is 0.248 e. The van der Waals surface area contributed by atoms with Crippen LogP contribution in [0.15, 0.2) is 4.63 Å². The lowest BCUT2D eigenvalue weighted by atomic mass is 9.98. The average Bonchev–Trinajstić information content (AvgIpc) is 2.88. The molecule has 2 amide bonds. The van der Waals surface area contributed by atoms with E-state index in [0.29, 0.717) is 24.5 Å². The van der Waals surface area contributed by atoms with Crippen LogP contribution in [0.25, 0.3) is 0 Å². The highest BCUT2D eigenvalue weighted by Gasteiger charge is 2.39. The maximum atomic E-state index is 12.4. The van der Waals surface area contributed by atoms with Crippen molar-refractivity contribution >= 4 is 11.8 Å². The normalized spacial score (nSPS) is 25.9. The Kier molecular flexibility index (Phi) is 3.62. The van der Waals surface area contributed by atoms with E-state index in [1.807, 2.05) is 0 Å². The number of ether oxygens (including phenoxy) is 1. The molecule has 0 bridgehead atoms. The van der Waals surface area contributed by atoms with E-state index in [1.54, 1.807) is 23.8 Å². The van der Waals surface area contributed by atoms with Crippen molar-refractivity contribution in [2.45, 2.75) is 31.9 Å². The van der Waals surface area contributed by atoms with Gasteiger partial charge in [0.05, 0.1) is 18.6 Å². The molecule has 2 atom stereocenters. The molecule has 2 fully saturated rings. The number of likely N-dealkylation sites (N-methyl/N-ethyl adjacent to an activating group) is 1. The highest BCUT2D eigenvalue weighted by Crippen LogP contribution is 2.23. The second-order valence-electron chi connectivity index (χ2n) is 5.52. The minimum absolute atomic E-state index is 0.0206. The zero-order chi connectivity index (χ0) is 15.0. The maximum absolute atomic E-state index is 12.4. The second kappa shape index (κ2) is 5.44. The summed E-state index contributed by atoms with van der Waals surface area (Å²) in [6.07, 6.45) is 0.933. The van der Waals surface area contributed by atoms with Gasteiger partial charge >= 0.3 is 0 Å². The van der Waals surface area contributed by atoms with E-state index >= 15 is 0 Å². The number of carbonyl (C=O) groups excluding carboxylic acids is 2. The fourth-order valence-corrected chi connectivity index (χ4v) is 2.83. The van der Waals surface area contributed by atoms with Crippen molar-refractivity contribution in [2.75, 3.05) is 26.7 Å². The predicted molar refractivity (Wildman–Crippen MR) is 70.2 cm³/mol. The number of aryl methyl sites for hydroxylation is 1. The van der Waals surface area contributed by atoms with Gasteiger partial charge in [0.15, 0.2) is 0 Å². The lowest BCUT2D eigenvalue weighted by molar-refractivity contribution is -0.163. The number of hydrogen-bond acceptors (Lipinski definition) is 6. The Morgan fingerprint density at radius 3 is 2.95 bits per heavy atom. The predicted octanol–water partition coefficient (Wildman–Crippen LogP) is -0.621. The summed E-state index contributed by atoms with van der Waals surface area (Å²) in [6.45, 7) is 3.02. The molecule has 0 N–H and O–H groups in total. The van der Waals surface area contributed by atoms with Gasteiger partial charge in [-0.3, -0.25) is 9.59 Å². The van der Waals surface area contributed by atoms with E-state index < -0.39 is 0 Å².